The van der Waals surface area contributed by atoms with Gasteiger partial charge in [0.15, 0.2) is 12.4 Å². The maximum Gasteiger partial charge on any atom is 0.341 e. The minimum absolute atomic E-state index is 0.219. The van der Waals surface area contributed by atoms with Crippen molar-refractivity contribution in [2.24, 2.45) is 0 Å². The fourth-order valence-electron chi connectivity index (χ4n) is 3.68. The lowest BCUT2D eigenvalue weighted by Crippen LogP contribution is -2.30. The van der Waals surface area contributed by atoms with Gasteiger partial charge in [-0.1, -0.05) is 19.0 Å². The molecule has 0 amide bonds. The predicted molar refractivity (Wildman–Crippen MR) is 121 cm³/mol. The van der Waals surface area contributed by atoms with Gasteiger partial charge in [0.05, 0.1) is 10.5 Å². The largest absolute Gasteiger partial charge is 0.454 e. The number of aryl methyl sites for hydroxylation is 2. The van der Waals surface area contributed by atoms with Crippen molar-refractivity contribution in [3.8, 4) is 5.82 Å². The number of rotatable bonds is 9. The number of carbonyl (C=O) groups excluding carboxylic acids is 2. The standard InChI is InChI=1S/C23H26FN3O6S/c1-6-26(7-2)34(30,31)17-8-9-20(24)19(12-17)23(29)32-13-21(28)18-10-14(3)27(16(18)5)22-11-15(4)33-25-22/h8-12H,6-7,13H2,1-5H3. The lowest BCUT2D eigenvalue weighted by atomic mass is 10.1. The number of Topliss-reactive ketones (excluding diaryl/α,β-unsaturated/α-hetero) is 1. The summed E-state index contributed by atoms with van der Waals surface area (Å²) in [6, 6.07) is 6.26. The van der Waals surface area contributed by atoms with E-state index in [0.717, 1.165) is 23.9 Å². The van der Waals surface area contributed by atoms with E-state index in [-0.39, 0.29) is 18.0 Å². The molecule has 0 atom stereocenters. The molecule has 2 aromatic heterocycles. The molecule has 182 valence electrons. The number of aromatic nitrogens is 2. The summed E-state index contributed by atoms with van der Waals surface area (Å²) in [4.78, 5) is 25.0. The van der Waals surface area contributed by atoms with E-state index in [1.807, 2.05) is 0 Å². The molecule has 2 heterocycles. The molecular weight excluding hydrogens is 465 g/mol. The molecule has 0 bridgehead atoms. The summed E-state index contributed by atoms with van der Waals surface area (Å²) in [6.45, 7) is 8.39. The second-order valence-electron chi connectivity index (χ2n) is 7.65. The van der Waals surface area contributed by atoms with Gasteiger partial charge < -0.3 is 9.26 Å². The van der Waals surface area contributed by atoms with Gasteiger partial charge in [-0.3, -0.25) is 9.36 Å². The van der Waals surface area contributed by atoms with E-state index in [0.29, 0.717) is 22.8 Å². The summed E-state index contributed by atoms with van der Waals surface area (Å²) < 4.78 is 52.8. The fourth-order valence-corrected chi connectivity index (χ4v) is 5.16. The molecule has 0 saturated heterocycles. The maximum absolute atomic E-state index is 14.3. The van der Waals surface area contributed by atoms with Crippen molar-refractivity contribution in [2.45, 2.75) is 39.5 Å². The normalized spacial score (nSPS) is 11.7. The quantitative estimate of drug-likeness (QED) is 0.332. The summed E-state index contributed by atoms with van der Waals surface area (Å²) in [5.41, 5.74) is 1.04. The van der Waals surface area contributed by atoms with Crippen molar-refractivity contribution in [1.82, 2.24) is 14.0 Å². The fraction of sp³-hybridized carbons (Fsp3) is 0.348. The van der Waals surface area contributed by atoms with Crippen molar-refractivity contribution in [2.75, 3.05) is 19.7 Å². The Kier molecular flexibility index (Phi) is 7.37. The number of ketones is 1. The molecule has 11 heteroatoms. The molecule has 3 aromatic rings. The van der Waals surface area contributed by atoms with Crippen LogP contribution in [0.5, 0.6) is 0 Å². The first kappa shape index (κ1) is 25.3. The Labute approximate surface area is 197 Å². The van der Waals surface area contributed by atoms with Crippen molar-refractivity contribution < 1.29 is 31.7 Å². The van der Waals surface area contributed by atoms with Gasteiger partial charge in [-0.15, -0.1) is 0 Å². The van der Waals surface area contributed by atoms with E-state index in [1.165, 1.54) is 4.31 Å². The van der Waals surface area contributed by atoms with Crippen LogP contribution in [0.4, 0.5) is 4.39 Å². The second-order valence-corrected chi connectivity index (χ2v) is 9.58. The molecule has 0 aliphatic heterocycles. The van der Waals surface area contributed by atoms with Gasteiger partial charge in [0.25, 0.3) is 0 Å². The third kappa shape index (κ3) is 4.80. The third-order valence-corrected chi connectivity index (χ3v) is 7.46. The molecule has 0 unspecified atom stereocenters. The molecule has 0 saturated carbocycles. The van der Waals surface area contributed by atoms with Crippen molar-refractivity contribution >= 4 is 21.8 Å². The van der Waals surface area contributed by atoms with Crippen LogP contribution in [0.3, 0.4) is 0 Å². The molecule has 9 nitrogen and oxygen atoms in total. The van der Waals surface area contributed by atoms with Gasteiger partial charge in [-0.05, 0) is 45.0 Å². The van der Waals surface area contributed by atoms with E-state index in [1.54, 1.807) is 51.3 Å². The second kappa shape index (κ2) is 9.90. The SMILES string of the molecule is CCN(CC)S(=O)(=O)c1ccc(F)c(C(=O)OCC(=O)c2cc(C)n(-c3cc(C)on3)c2C)c1. The highest BCUT2D eigenvalue weighted by atomic mass is 32.2. The van der Waals surface area contributed by atoms with Gasteiger partial charge in [-0.25, -0.2) is 17.6 Å². The predicted octanol–water partition coefficient (Wildman–Crippen LogP) is 3.60. The minimum atomic E-state index is -3.90. The Morgan fingerprint density at radius 3 is 2.35 bits per heavy atom. The minimum Gasteiger partial charge on any atom is -0.454 e. The lowest BCUT2D eigenvalue weighted by molar-refractivity contribution is 0.0469. The summed E-state index contributed by atoms with van der Waals surface area (Å²) in [7, 11) is -3.90. The van der Waals surface area contributed by atoms with Gasteiger partial charge in [0.2, 0.25) is 15.8 Å². The van der Waals surface area contributed by atoms with Crippen LogP contribution >= 0.6 is 0 Å². The summed E-state index contributed by atoms with van der Waals surface area (Å²) in [5.74, 6) is -1.47. The number of esters is 1. The number of nitrogens with zero attached hydrogens (tertiary/aromatic N) is 3. The Balaban J connectivity index is 1.80. The smallest absolute Gasteiger partial charge is 0.341 e. The Morgan fingerprint density at radius 1 is 1.09 bits per heavy atom. The van der Waals surface area contributed by atoms with Crippen LogP contribution in [0.1, 0.15) is 51.7 Å². The van der Waals surface area contributed by atoms with Crippen LogP contribution in [0.25, 0.3) is 5.82 Å². The van der Waals surface area contributed by atoms with Gasteiger partial charge in [-0.2, -0.15) is 4.31 Å². The van der Waals surface area contributed by atoms with Crippen LogP contribution in [0.15, 0.2) is 39.8 Å². The molecule has 0 aliphatic carbocycles. The third-order valence-electron chi connectivity index (χ3n) is 5.41. The molecule has 3 rings (SSSR count). The van der Waals surface area contributed by atoms with Gasteiger partial charge in [0.1, 0.15) is 11.6 Å². The molecular formula is C23H26FN3O6S. The number of hydrogen-bond donors (Lipinski definition) is 0. The molecule has 0 radical (unpaired) electrons. The number of hydrogen-bond acceptors (Lipinski definition) is 7. The molecule has 0 aliphatic rings. The average molecular weight is 492 g/mol. The highest BCUT2D eigenvalue weighted by molar-refractivity contribution is 7.89. The number of carbonyl (C=O) groups is 2. The number of halogens is 1. The van der Waals surface area contributed by atoms with E-state index < -0.39 is 39.8 Å². The number of benzene rings is 1. The van der Waals surface area contributed by atoms with Crippen LogP contribution < -0.4 is 0 Å². The van der Waals surface area contributed by atoms with Crippen molar-refractivity contribution in [3.63, 3.8) is 0 Å². The molecule has 0 spiro atoms. The first-order valence-electron chi connectivity index (χ1n) is 10.6. The van der Waals surface area contributed by atoms with E-state index in [9.17, 15) is 22.4 Å². The number of ether oxygens (including phenoxy) is 1. The lowest BCUT2D eigenvalue weighted by Gasteiger charge is -2.18. The average Bonchev–Trinajstić information content (AvgIpc) is 3.34. The first-order chi connectivity index (χ1) is 16.0. The zero-order valence-electron chi connectivity index (χ0n) is 19.6. The van der Waals surface area contributed by atoms with Crippen molar-refractivity contribution in [1.29, 1.82) is 0 Å². The number of sulfonamides is 1. The Morgan fingerprint density at radius 2 is 1.76 bits per heavy atom. The topological polar surface area (TPSA) is 112 Å². The zero-order valence-corrected chi connectivity index (χ0v) is 20.4. The Bertz CT molecular complexity index is 1340. The van der Waals surface area contributed by atoms with Gasteiger partial charge in [0, 0.05) is 36.1 Å². The highest BCUT2D eigenvalue weighted by Crippen LogP contribution is 2.22. The van der Waals surface area contributed by atoms with E-state index in [2.05, 4.69) is 5.16 Å². The van der Waals surface area contributed by atoms with E-state index in [4.69, 9.17) is 9.26 Å². The highest BCUT2D eigenvalue weighted by Gasteiger charge is 2.26. The molecule has 0 N–H and O–H groups in total. The maximum atomic E-state index is 14.3. The van der Waals surface area contributed by atoms with Crippen molar-refractivity contribution in [3.05, 3.63) is 64.4 Å². The first-order valence-corrected chi connectivity index (χ1v) is 12.1. The summed E-state index contributed by atoms with van der Waals surface area (Å²) in [5, 5.41) is 3.95. The van der Waals surface area contributed by atoms with Crippen LogP contribution in [-0.4, -0.2) is 53.9 Å². The Hall–Kier alpha value is -3.31. The molecule has 0 fully saturated rings. The molecule has 1 aromatic carbocycles. The van der Waals surface area contributed by atoms with Crippen LogP contribution in [-0.2, 0) is 14.8 Å². The summed E-state index contributed by atoms with van der Waals surface area (Å²) in [6.07, 6.45) is 0. The monoisotopic (exact) mass is 491 g/mol. The summed E-state index contributed by atoms with van der Waals surface area (Å²) >= 11 is 0. The van der Waals surface area contributed by atoms with Gasteiger partial charge >= 0.3 is 5.97 Å². The zero-order chi connectivity index (χ0) is 25.2. The van der Waals surface area contributed by atoms with E-state index >= 15 is 0 Å². The van der Waals surface area contributed by atoms with Crippen LogP contribution in [0.2, 0.25) is 0 Å². The molecule has 34 heavy (non-hydrogen) atoms. The van der Waals surface area contributed by atoms with Crippen LogP contribution in [0, 0.1) is 26.6 Å².